The molecule has 0 spiro atoms. The van der Waals surface area contributed by atoms with Crippen molar-refractivity contribution in [2.75, 3.05) is 13.2 Å². The van der Waals surface area contributed by atoms with Gasteiger partial charge in [-0.05, 0) is 12.5 Å². The summed E-state index contributed by atoms with van der Waals surface area (Å²) in [5, 5.41) is 0. The second-order valence-electron chi connectivity index (χ2n) is 6.33. The molecule has 1 aromatic heterocycles. The maximum Gasteiger partial charge on any atom is 0.311 e. The van der Waals surface area contributed by atoms with Gasteiger partial charge in [-0.15, -0.1) is 0 Å². The van der Waals surface area contributed by atoms with Crippen LogP contribution >= 0.6 is 0 Å². The Morgan fingerprint density at radius 2 is 1.78 bits per heavy atom. The molecule has 4 rings (SSSR count). The molecule has 0 N–H and O–H groups in total. The van der Waals surface area contributed by atoms with Gasteiger partial charge in [-0.3, -0.25) is 4.79 Å². The van der Waals surface area contributed by atoms with Gasteiger partial charge in [0.05, 0.1) is 24.6 Å². The van der Waals surface area contributed by atoms with Gasteiger partial charge >= 0.3 is 5.97 Å². The highest BCUT2D eigenvalue weighted by Crippen LogP contribution is 2.40. The Bertz CT molecular complexity index is 943. The van der Waals surface area contributed by atoms with Gasteiger partial charge in [-0.1, -0.05) is 60.7 Å². The summed E-state index contributed by atoms with van der Waals surface area (Å²) in [5.41, 5.74) is 3.56. The van der Waals surface area contributed by atoms with Gasteiger partial charge in [0.1, 0.15) is 6.61 Å². The highest BCUT2D eigenvalue weighted by atomic mass is 16.5. The summed E-state index contributed by atoms with van der Waals surface area (Å²) in [6.45, 7) is 2.63. The van der Waals surface area contributed by atoms with Crippen LogP contribution in [-0.2, 0) is 16.0 Å². The van der Waals surface area contributed by atoms with Gasteiger partial charge in [-0.2, -0.15) is 4.98 Å². The topological polar surface area (TPSA) is 61.3 Å². The molecule has 5 heteroatoms. The molecular formula is C22H20N2O3. The van der Waals surface area contributed by atoms with E-state index in [4.69, 9.17) is 14.5 Å². The summed E-state index contributed by atoms with van der Waals surface area (Å²) >= 11 is 0. The fraction of sp³-hybridized carbons (Fsp3) is 0.227. The van der Waals surface area contributed by atoms with Crippen molar-refractivity contribution in [1.29, 1.82) is 0 Å². The molecule has 2 aromatic carbocycles. The Labute approximate surface area is 158 Å². The Kier molecular flexibility index (Phi) is 4.83. The Hall–Kier alpha value is -3.21. The summed E-state index contributed by atoms with van der Waals surface area (Å²) in [6, 6.07) is 19.8. The van der Waals surface area contributed by atoms with Gasteiger partial charge in [-0.25, -0.2) is 4.98 Å². The number of benzene rings is 2. The van der Waals surface area contributed by atoms with Crippen molar-refractivity contribution in [2.45, 2.75) is 19.3 Å². The van der Waals surface area contributed by atoms with E-state index < -0.39 is 0 Å². The van der Waals surface area contributed by atoms with Crippen molar-refractivity contribution in [3.63, 3.8) is 0 Å². The van der Waals surface area contributed by atoms with Gasteiger partial charge in [0.25, 0.3) is 0 Å². The number of ether oxygens (including phenoxy) is 2. The predicted octanol–water partition coefficient (Wildman–Crippen LogP) is 3.77. The number of carbonyl (C=O) groups is 1. The summed E-state index contributed by atoms with van der Waals surface area (Å²) < 4.78 is 11.1. The van der Waals surface area contributed by atoms with Gasteiger partial charge in [0.2, 0.25) is 5.88 Å². The number of hydrogen-bond acceptors (Lipinski definition) is 5. The molecule has 1 aliphatic rings. The Balaban J connectivity index is 1.80. The molecule has 27 heavy (non-hydrogen) atoms. The highest BCUT2D eigenvalue weighted by molar-refractivity contribution is 5.73. The quantitative estimate of drug-likeness (QED) is 0.648. The number of aromatic nitrogens is 2. The molecular weight excluding hydrogens is 340 g/mol. The van der Waals surface area contributed by atoms with Crippen LogP contribution in [0.5, 0.6) is 5.88 Å². The molecule has 1 unspecified atom stereocenters. The molecule has 0 saturated carbocycles. The lowest BCUT2D eigenvalue weighted by molar-refractivity contribution is -0.142. The number of esters is 1. The highest BCUT2D eigenvalue weighted by Gasteiger charge is 2.32. The second kappa shape index (κ2) is 7.58. The molecule has 0 aliphatic carbocycles. The minimum Gasteiger partial charge on any atom is -0.476 e. The van der Waals surface area contributed by atoms with Gasteiger partial charge in [0, 0.05) is 11.1 Å². The SMILES string of the molecule is CCOC(=O)Cc1nc(-c2ccccc2)nc2c1C(c1ccccc1)CO2. The minimum absolute atomic E-state index is 0.00968. The standard InChI is InChI=1S/C22H20N2O3/c1-2-26-19(25)13-18-20-17(15-9-5-3-6-10-15)14-27-22(20)24-21(23-18)16-11-7-4-8-12-16/h3-12,17H,2,13-14H2,1H3. The van der Waals surface area contributed by atoms with Crippen LogP contribution in [0, 0.1) is 0 Å². The van der Waals surface area contributed by atoms with E-state index in [0.29, 0.717) is 30.6 Å². The molecule has 2 heterocycles. The molecule has 0 amide bonds. The molecule has 0 bridgehead atoms. The van der Waals surface area contributed by atoms with Crippen LogP contribution in [0.15, 0.2) is 60.7 Å². The zero-order chi connectivity index (χ0) is 18.6. The maximum absolute atomic E-state index is 12.2. The van der Waals surface area contributed by atoms with Crippen LogP contribution in [0.25, 0.3) is 11.4 Å². The molecule has 1 aliphatic heterocycles. The van der Waals surface area contributed by atoms with Crippen molar-refractivity contribution < 1.29 is 14.3 Å². The van der Waals surface area contributed by atoms with Gasteiger partial charge in [0.15, 0.2) is 5.82 Å². The largest absolute Gasteiger partial charge is 0.476 e. The molecule has 136 valence electrons. The molecule has 0 radical (unpaired) electrons. The first-order chi connectivity index (χ1) is 13.3. The van der Waals surface area contributed by atoms with Crippen LogP contribution in [0.1, 0.15) is 29.7 Å². The number of hydrogen-bond donors (Lipinski definition) is 0. The predicted molar refractivity (Wildman–Crippen MR) is 102 cm³/mol. The summed E-state index contributed by atoms with van der Waals surface area (Å²) in [5.74, 6) is 0.825. The average molecular weight is 360 g/mol. The summed E-state index contributed by atoms with van der Waals surface area (Å²) in [6.07, 6.45) is 0.102. The third kappa shape index (κ3) is 3.53. The number of rotatable bonds is 5. The van der Waals surface area contributed by atoms with E-state index in [1.54, 1.807) is 6.92 Å². The van der Waals surface area contributed by atoms with Crippen molar-refractivity contribution in [3.05, 3.63) is 77.5 Å². The fourth-order valence-electron chi connectivity index (χ4n) is 3.35. The third-order valence-electron chi connectivity index (χ3n) is 4.58. The molecule has 5 nitrogen and oxygen atoms in total. The molecule has 1 atom stereocenters. The number of fused-ring (bicyclic) bond motifs is 1. The third-order valence-corrected chi connectivity index (χ3v) is 4.58. The van der Waals surface area contributed by atoms with Crippen molar-refractivity contribution >= 4 is 5.97 Å². The Morgan fingerprint density at radius 1 is 1.07 bits per heavy atom. The lowest BCUT2D eigenvalue weighted by atomic mass is 9.92. The van der Waals surface area contributed by atoms with E-state index >= 15 is 0 Å². The van der Waals surface area contributed by atoms with Crippen LogP contribution in [-0.4, -0.2) is 29.2 Å². The number of carbonyl (C=O) groups excluding carboxylic acids is 1. The zero-order valence-electron chi connectivity index (χ0n) is 15.1. The minimum atomic E-state index is -0.295. The van der Waals surface area contributed by atoms with E-state index in [1.807, 2.05) is 48.5 Å². The Morgan fingerprint density at radius 3 is 2.48 bits per heavy atom. The van der Waals surface area contributed by atoms with Crippen molar-refractivity contribution in [2.24, 2.45) is 0 Å². The second-order valence-corrected chi connectivity index (χ2v) is 6.33. The van der Waals surface area contributed by atoms with Crippen molar-refractivity contribution in [1.82, 2.24) is 9.97 Å². The molecule has 3 aromatic rings. The first-order valence-electron chi connectivity index (χ1n) is 9.06. The van der Waals surface area contributed by atoms with Crippen LogP contribution in [0.4, 0.5) is 0 Å². The first kappa shape index (κ1) is 17.2. The molecule has 0 saturated heterocycles. The van der Waals surface area contributed by atoms with Crippen LogP contribution in [0.3, 0.4) is 0 Å². The van der Waals surface area contributed by atoms with E-state index in [9.17, 15) is 4.79 Å². The normalized spacial score (nSPS) is 15.1. The van der Waals surface area contributed by atoms with Gasteiger partial charge < -0.3 is 9.47 Å². The summed E-state index contributed by atoms with van der Waals surface area (Å²) in [4.78, 5) is 21.5. The van der Waals surface area contributed by atoms with Crippen molar-refractivity contribution in [3.8, 4) is 17.3 Å². The first-order valence-corrected chi connectivity index (χ1v) is 9.06. The fourth-order valence-corrected chi connectivity index (χ4v) is 3.35. The van der Waals surface area contributed by atoms with E-state index in [1.165, 1.54) is 0 Å². The van der Waals surface area contributed by atoms with Crippen LogP contribution < -0.4 is 4.74 Å². The number of nitrogens with zero attached hydrogens (tertiary/aromatic N) is 2. The van der Waals surface area contributed by atoms with E-state index in [0.717, 1.165) is 16.7 Å². The zero-order valence-corrected chi connectivity index (χ0v) is 15.1. The monoisotopic (exact) mass is 360 g/mol. The lowest BCUT2D eigenvalue weighted by Gasteiger charge is -2.13. The summed E-state index contributed by atoms with van der Waals surface area (Å²) in [7, 11) is 0. The smallest absolute Gasteiger partial charge is 0.311 e. The van der Waals surface area contributed by atoms with Crippen LogP contribution in [0.2, 0.25) is 0 Å². The maximum atomic E-state index is 12.2. The van der Waals surface area contributed by atoms with E-state index in [-0.39, 0.29) is 18.3 Å². The van der Waals surface area contributed by atoms with E-state index in [2.05, 4.69) is 17.1 Å². The molecule has 0 fully saturated rings. The lowest BCUT2D eigenvalue weighted by Crippen LogP contribution is -2.13. The average Bonchev–Trinajstić information content (AvgIpc) is 3.14.